The first-order valence-corrected chi connectivity index (χ1v) is 7.32. The fourth-order valence-corrected chi connectivity index (χ4v) is 2.85. The monoisotopic (exact) mass is 297 g/mol. The van der Waals surface area contributed by atoms with Crippen LogP contribution in [-0.4, -0.2) is 10.1 Å². The maximum atomic E-state index is 9.79. The van der Waals surface area contributed by atoms with E-state index in [1.807, 2.05) is 36.5 Å². The summed E-state index contributed by atoms with van der Waals surface area (Å²) in [4.78, 5) is 4.52. The molecule has 3 heteroatoms. The highest BCUT2D eigenvalue weighted by Crippen LogP contribution is 2.37. The van der Waals surface area contributed by atoms with E-state index >= 15 is 0 Å². The van der Waals surface area contributed by atoms with Gasteiger partial charge in [-0.2, -0.15) is 0 Å². The van der Waals surface area contributed by atoms with Crippen molar-refractivity contribution in [3.8, 4) is 16.9 Å². The number of nitrogens with zero attached hydrogens (tertiary/aromatic N) is 1. The van der Waals surface area contributed by atoms with E-state index < -0.39 is 0 Å². The molecule has 0 aliphatic rings. The lowest BCUT2D eigenvalue weighted by Gasteiger charge is -2.16. The molecule has 0 bridgehead atoms. The third-order valence-corrected chi connectivity index (χ3v) is 3.94. The van der Waals surface area contributed by atoms with Crippen molar-refractivity contribution in [3.63, 3.8) is 0 Å². The van der Waals surface area contributed by atoms with Gasteiger partial charge in [0.05, 0.1) is 10.5 Å². The Kier molecular flexibility index (Phi) is 3.56. The molecule has 1 N–H and O–H groups in total. The zero-order valence-electron chi connectivity index (χ0n) is 12.0. The van der Waals surface area contributed by atoms with Gasteiger partial charge < -0.3 is 5.11 Å². The van der Waals surface area contributed by atoms with Crippen LogP contribution >= 0.6 is 11.6 Å². The second-order valence-corrected chi connectivity index (χ2v) is 5.84. The lowest BCUT2D eigenvalue weighted by Crippen LogP contribution is -1.96. The summed E-state index contributed by atoms with van der Waals surface area (Å²) in [5.41, 5.74) is 4.01. The van der Waals surface area contributed by atoms with Crippen LogP contribution in [0, 0.1) is 0 Å². The number of rotatable bonds is 2. The summed E-state index contributed by atoms with van der Waals surface area (Å²) in [6.07, 6.45) is 1.89. The Balaban J connectivity index is 2.42. The number of benzene rings is 2. The van der Waals surface area contributed by atoms with E-state index in [1.165, 1.54) is 0 Å². The first-order valence-electron chi connectivity index (χ1n) is 6.94. The summed E-state index contributed by atoms with van der Waals surface area (Å²) < 4.78 is 0. The number of para-hydroxylation sites is 1. The average Bonchev–Trinajstić information content (AvgIpc) is 2.46. The molecule has 0 aliphatic carbocycles. The molecule has 1 aromatic heterocycles. The van der Waals surface area contributed by atoms with Crippen LogP contribution in [0.25, 0.3) is 22.0 Å². The Morgan fingerprint density at radius 3 is 2.57 bits per heavy atom. The highest BCUT2D eigenvalue weighted by Gasteiger charge is 2.15. The van der Waals surface area contributed by atoms with Crippen LogP contribution in [0.2, 0.25) is 5.02 Å². The SMILES string of the molecule is CC(C)c1cnc2c(Cl)cccc2c1-c1cccc(O)c1. The molecule has 0 aliphatic heterocycles. The standard InChI is InChI=1S/C18H16ClNO/c1-11(2)15-10-20-18-14(7-4-8-16(18)19)17(15)12-5-3-6-13(21)9-12/h3-11,21H,1-2H3. The van der Waals surface area contributed by atoms with Gasteiger partial charge in [0.1, 0.15) is 5.75 Å². The van der Waals surface area contributed by atoms with Gasteiger partial charge in [-0.15, -0.1) is 0 Å². The Bertz CT molecular complexity index is 811. The van der Waals surface area contributed by atoms with Gasteiger partial charge >= 0.3 is 0 Å². The van der Waals surface area contributed by atoms with Crippen LogP contribution in [0.3, 0.4) is 0 Å². The quantitative estimate of drug-likeness (QED) is 0.688. The topological polar surface area (TPSA) is 33.1 Å². The summed E-state index contributed by atoms with van der Waals surface area (Å²) in [7, 11) is 0. The molecule has 1 heterocycles. The molecule has 0 saturated heterocycles. The maximum Gasteiger partial charge on any atom is 0.116 e. The fourth-order valence-electron chi connectivity index (χ4n) is 2.62. The van der Waals surface area contributed by atoms with Crippen molar-refractivity contribution >= 4 is 22.5 Å². The second-order valence-electron chi connectivity index (χ2n) is 5.43. The van der Waals surface area contributed by atoms with Crippen molar-refractivity contribution in [2.75, 3.05) is 0 Å². The van der Waals surface area contributed by atoms with Crippen LogP contribution in [0.5, 0.6) is 5.75 Å². The van der Waals surface area contributed by atoms with Crippen molar-refractivity contribution in [3.05, 3.63) is 59.2 Å². The van der Waals surface area contributed by atoms with Gasteiger partial charge in [0.25, 0.3) is 0 Å². The van der Waals surface area contributed by atoms with Gasteiger partial charge in [0.15, 0.2) is 0 Å². The number of phenolic OH excluding ortho intramolecular Hbond substituents is 1. The second kappa shape index (κ2) is 5.38. The van der Waals surface area contributed by atoms with E-state index in [0.29, 0.717) is 10.9 Å². The van der Waals surface area contributed by atoms with Gasteiger partial charge in [0.2, 0.25) is 0 Å². The van der Waals surface area contributed by atoms with Gasteiger partial charge in [0, 0.05) is 11.6 Å². The molecule has 0 fully saturated rings. The summed E-state index contributed by atoms with van der Waals surface area (Å²) >= 11 is 6.27. The van der Waals surface area contributed by atoms with E-state index in [-0.39, 0.29) is 5.75 Å². The number of hydrogen-bond donors (Lipinski definition) is 1. The molecule has 21 heavy (non-hydrogen) atoms. The molecule has 3 aromatic rings. The first kappa shape index (κ1) is 13.9. The number of aromatic hydroxyl groups is 1. The van der Waals surface area contributed by atoms with E-state index in [1.54, 1.807) is 12.1 Å². The largest absolute Gasteiger partial charge is 0.508 e. The molecule has 0 unspecified atom stereocenters. The number of phenols is 1. The van der Waals surface area contributed by atoms with E-state index in [0.717, 1.165) is 27.6 Å². The van der Waals surface area contributed by atoms with Crippen molar-refractivity contribution in [1.29, 1.82) is 0 Å². The number of aromatic nitrogens is 1. The van der Waals surface area contributed by atoms with Gasteiger partial charge in [-0.3, -0.25) is 4.98 Å². The Morgan fingerprint density at radius 2 is 1.86 bits per heavy atom. The highest BCUT2D eigenvalue weighted by atomic mass is 35.5. The molecule has 0 radical (unpaired) electrons. The van der Waals surface area contributed by atoms with Crippen molar-refractivity contribution in [2.45, 2.75) is 19.8 Å². The fraction of sp³-hybridized carbons (Fsp3) is 0.167. The molecule has 106 valence electrons. The Hall–Kier alpha value is -2.06. The number of hydrogen-bond acceptors (Lipinski definition) is 2. The molecule has 2 nitrogen and oxygen atoms in total. The van der Waals surface area contributed by atoms with Crippen molar-refractivity contribution < 1.29 is 5.11 Å². The minimum atomic E-state index is 0.259. The molecule has 0 atom stereocenters. The normalized spacial score (nSPS) is 11.2. The zero-order chi connectivity index (χ0) is 15.0. The third-order valence-electron chi connectivity index (χ3n) is 3.63. The molecular formula is C18H16ClNO. The van der Waals surface area contributed by atoms with Crippen molar-refractivity contribution in [1.82, 2.24) is 4.98 Å². The molecule has 0 spiro atoms. The summed E-state index contributed by atoms with van der Waals surface area (Å²) in [6, 6.07) is 13.1. The van der Waals surface area contributed by atoms with Gasteiger partial charge in [-0.1, -0.05) is 49.7 Å². The molecule has 0 saturated carbocycles. The third kappa shape index (κ3) is 2.47. The average molecular weight is 298 g/mol. The van der Waals surface area contributed by atoms with Crippen LogP contribution in [-0.2, 0) is 0 Å². The van der Waals surface area contributed by atoms with Gasteiger partial charge in [-0.05, 0) is 40.8 Å². The number of pyridine rings is 1. The number of fused-ring (bicyclic) bond motifs is 1. The van der Waals surface area contributed by atoms with E-state index in [9.17, 15) is 5.11 Å². The summed E-state index contributed by atoms with van der Waals surface area (Å²) in [6.45, 7) is 4.28. The molecular weight excluding hydrogens is 282 g/mol. The Labute approximate surface area is 129 Å². The summed E-state index contributed by atoms with van der Waals surface area (Å²) in [5.74, 6) is 0.590. The number of halogens is 1. The van der Waals surface area contributed by atoms with Crippen LogP contribution in [0.15, 0.2) is 48.7 Å². The predicted molar refractivity (Wildman–Crippen MR) is 87.9 cm³/mol. The zero-order valence-corrected chi connectivity index (χ0v) is 12.7. The molecule has 0 amide bonds. The van der Waals surface area contributed by atoms with Gasteiger partial charge in [-0.25, -0.2) is 0 Å². The van der Waals surface area contributed by atoms with Crippen molar-refractivity contribution in [2.24, 2.45) is 0 Å². The lowest BCUT2D eigenvalue weighted by molar-refractivity contribution is 0.475. The van der Waals surface area contributed by atoms with Crippen LogP contribution in [0.4, 0.5) is 0 Å². The minimum absolute atomic E-state index is 0.259. The Morgan fingerprint density at radius 1 is 1.10 bits per heavy atom. The first-order chi connectivity index (χ1) is 10.1. The molecule has 3 rings (SSSR count). The van der Waals surface area contributed by atoms with Crippen LogP contribution in [0.1, 0.15) is 25.3 Å². The predicted octanol–water partition coefficient (Wildman–Crippen LogP) is 5.38. The van der Waals surface area contributed by atoms with Crippen LogP contribution < -0.4 is 0 Å². The smallest absolute Gasteiger partial charge is 0.116 e. The van der Waals surface area contributed by atoms with E-state index in [4.69, 9.17) is 11.6 Å². The minimum Gasteiger partial charge on any atom is -0.508 e. The highest BCUT2D eigenvalue weighted by molar-refractivity contribution is 6.35. The maximum absolute atomic E-state index is 9.79. The van der Waals surface area contributed by atoms with E-state index in [2.05, 4.69) is 18.8 Å². The lowest BCUT2D eigenvalue weighted by atomic mass is 9.91. The molecule has 2 aromatic carbocycles. The summed E-state index contributed by atoms with van der Waals surface area (Å²) in [5, 5.41) is 11.4.